The standard InChI is InChI=1S/C16H24ClNO4/c1-5-8-16(2,21-4)15(19)18-12-6-7-14(13(17)11-12)22-10-9-20-3/h6-7,11H,5,8-10H2,1-4H3,(H,18,19)/t16-/m1/s1. The van der Waals surface area contributed by atoms with E-state index in [2.05, 4.69) is 5.32 Å². The molecular formula is C16H24ClNO4. The molecule has 0 aliphatic heterocycles. The van der Waals surface area contributed by atoms with Gasteiger partial charge in [0.1, 0.15) is 18.0 Å². The van der Waals surface area contributed by atoms with Crippen molar-refractivity contribution in [1.29, 1.82) is 0 Å². The van der Waals surface area contributed by atoms with Crippen LogP contribution < -0.4 is 10.1 Å². The summed E-state index contributed by atoms with van der Waals surface area (Å²) in [5.74, 6) is 0.362. The second-order valence-electron chi connectivity index (χ2n) is 5.13. The Morgan fingerprint density at radius 2 is 2.05 bits per heavy atom. The number of methoxy groups -OCH3 is 2. The molecule has 124 valence electrons. The van der Waals surface area contributed by atoms with Gasteiger partial charge in [0.05, 0.1) is 11.6 Å². The second kappa shape index (κ2) is 8.98. The highest BCUT2D eigenvalue weighted by molar-refractivity contribution is 6.32. The molecule has 0 saturated carbocycles. The maximum Gasteiger partial charge on any atom is 0.256 e. The molecular weight excluding hydrogens is 306 g/mol. The van der Waals surface area contributed by atoms with Crippen LogP contribution in [0.25, 0.3) is 0 Å². The van der Waals surface area contributed by atoms with Crippen LogP contribution >= 0.6 is 11.6 Å². The predicted octanol–water partition coefficient (Wildman–Crippen LogP) is 3.51. The number of carbonyl (C=O) groups is 1. The van der Waals surface area contributed by atoms with E-state index in [1.165, 1.54) is 7.11 Å². The van der Waals surface area contributed by atoms with Crippen LogP contribution in [0.1, 0.15) is 26.7 Å². The third-order valence-electron chi connectivity index (χ3n) is 3.39. The lowest BCUT2D eigenvalue weighted by Gasteiger charge is -2.26. The largest absolute Gasteiger partial charge is 0.490 e. The summed E-state index contributed by atoms with van der Waals surface area (Å²) < 4.78 is 15.7. The Balaban J connectivity index is 2.74. The molecule has 0 radical (unpaired) electrons. The van der Waals surface area contributed by atoms with Gasteiger partial charge < -0.3 is 19.5 Å². The zero-order chi connectivity index (χ0) is 16.6. The number of amides is 1. The third-order valence-corrected chi connectivity index (χ3v) is 3.69. The van der Waals surface area contributed by atoms with Crippen molar-refractivity contribution in [3.05, 3.63) is 23.2 Å². The molecule has 6 heteroatoms. The van der Waals surface area contributed by atoms with Crippen LogP contribution in [-0.2, 0) is 14.3 Å². The van der Waals surface area contributed by atoms with Crippen molar-refractivity contribution in [2.24, 2.45) is 0 Å². The van der Waals surface area contributed by atoms with E-state index in [9.17, 15) is 4.79 Å². The summed E-state index contributed by atoms with van der Waals surface area (Å²) in [5, 5.41) is 3.26. The summed E-state index contributed by atoms with van der Waals surface area (Å²) >= 11 is 6.15. The van der Waals surface area contributed by atoms with E-state index in [1.54, 1.807) is 32.2 Å². The molecule has 0 aliphatic rings. The highest BCUT2D eigenvalue weighted by Crippen LogP contribution is 2.28. The molecule has 1 rings (SSSR count). The van der Waals surface area contributed by atoms with E-state index in [0.717, 1.165) is 6.42 Å². The highest BCUT2D eigenvalue weighted by Gasteiger charge is 2.32. The van der Waals surface area contributed by atoms with E-state index < -0.39 is 5.60 Å². The Hall–Kier alpha value is -1.30. The number of benzene rings is 1. The molecule has 1 amide bonds. The fraction of sp³-hybridized carbons (Fsp3) is 0.562. The number of hydrogen-bond acceptors (Lipinski definition) is 4. The number of halogens is 1. The molecule has 1 N–H and O–H groups in total. The molecule has 1 atom stereocenters. The summed E-state index contributed by atoms with van der Waals surface area (Å²) in [6.07, 6.45) is 1.49. The van der Waals surface area contributed by atoms with Crippen LogP contribution in [-0.4, -0.2) is 38.9 Å². The van der Waals surface area contributed by atoms with Crippen LogP contribution in [0, 0.1) is 0 Å². The van der Waals surface area contributed by atoms with Gasteiger partial charge in [-0.05, 0) is 31.5 Å². The van der Waals surface area contributed by atoms with Crippen molar-refractivity contribution in [2.45, 2.75) is 32.3 Å². The van der Waals surface area contributed by atoms with Gasteiger partial charge in [0.2, 0.25) is 0 Å². The predicted molar refractivity (Wildman–Crippen MR) is 87.8 cm³/mol. The molecule has 0 aliphatic carbocycles. The maximum absolute atomic E-state index is 12.3. The average Bonchev–Trinajstić information content (AvgIpc) is 2.49. The van der Waals surface area contributed by atoms with Crippen molar-refractivity contribution in [2.75, 3.05) is 32.8 Å². The summed E-state index contributed by atoms with van der Waals surface area (Å²) in [5.41, 5.74) is -0.247. The van der Waals surface area contributed by atoms with Gasteiger partial charge in [-0.2, -0.15) is 0 Å². The normalized spacial score (nSPS) is 13.5. The number of carbonyl (C=O) groups excluding carboxylic acids is 1. The Bertz CT molecular complexity index is 495. The zero-order valence-corrected chi connectivity index (χ0v) is 14.3. The summed E-state index contributed by atoms with van der Waals surface area (Å²) in [6.45, 7) is 4.68. The number of nitrogens with one attached hydrogen (secondary N) is 1. The molecule has 0 bridgehead atoms. The van der Waals surface area contributed by atoms with E-state index in [1.807, 2.05) is 6.92 Å². The van der Waals surface area contributed by atoms with Crippen molar-refractivity contribution < 1.29 is 19.0 Å². The lowest BCUT2D eigenvalue weighted by molar-refractivity contribution is -0.136. The quantitative estimate of drug-likeness (QED) is 0.704. The van der Waals surface area contributed by atoms with Crippen LogP contribution in [0.5, 0.6) is 5.75 Å². The molecule has 0 spiro atoms. The van der Waals surface area contributed by atoms with Gasteiger partial charge in [0.25, 0.3) is 5.91 Å². The van der Waals surface area contributed by atoms with Crippen LogP contribution in [0.2, 0.25) is 5.02 Å². The van der Waals surface area contributed by atoms with E-state index in [4.69, 9.17) is 25.8 Å². The summed E-state index contributed by atoms with van der Waals surface area (Å²) in [7, 11) is 3.14. The fourth-order valence-electron chi connectivity index (χ4n) is 1.98. The molecule has 0 saturated heterocycles. The first-order valence-electron chi connectivity index (χ1n) is 7.24. The second-order valence-corrected chi connectivity index (χ2v) is 5.53. The van der Waals surface area contributed by atoms with E-state index >= 15 is 0 Å². The zero-order valence-electron chi connectivity index (χ0n) is 13.6. The minimum absolute atomic E-state index is 0.194. The average molecular weight is 330 g/mol. The minimum atomic E-state index is -0.852. The molecule has 5 nitrogen and oxygen atoms in total. The number of ether oxygens (including phenoxy) is 3. The lowest BCUT2D eigenvalue weighted by atomic mass is 9.99. The van der Waals surface area contributed by atoms with Crippen LogP contribution in [0.4, 0.5) is 5.69 Å². The van der Waals surface area contributed by atoms with E-state index in [0.29, 0.717) is 36.1 Å². The van der Waals surface area contributed by atoms with Gasteiger partial charge in [0, 0.05) is 19.9 Å². The first-order valence-corrected chi connectivity index (χ1v) is 7.62. The Labute approximate surface area is 136 Å². The van der Waals surface area contributed by atoms with Crippen molar-refractivity contribution >= 4 is 23.2 Å². The van der Waals surface area contributed by atoms with Gasteiger partial charge in [-0.3, -0.25) is 4.79 Å². The van der Waals surface area contributed by atoms with Gasteiger partial charge in [-0.15, -0.1) is 0 Å². The molecule has 22 heavy (non-hydrogen) atoms. The monoisotopic (exact) mass is 329 g/mol. The highest BCUT2D eigenvalue weighted by atomic mass is 35.5. The number of anilines is 1. The van der Waals surface area contributed by atoms with Gasteiger partial charge in [-0.25, -0.2) is 0 Å². The fourth-order valence-corrected chi connectivity index (χ4v) is 2.21. The first-order chi connectivity index (χ1) is 10.5. The smallest absolute Gasteiger partial charge is 0.256 e. The molecule has 0 fully saturated rings. The third kappa shape index (κ3) is 5.16. The van der Waals surface area contributed by atoms with Crippen molar-refractivity contribution in [3.8, 4) is 5.75 Å². The number of rotatable bonds is 9. The Morgan fingerprint density at radius 3 is 2.59 bits per heavy atom. The van der Waals surface area contributed by atoms with Crippen LogP contribution in [0.15, 0.2) is 18.2 Å². The molecule has 0 unspecified atom stereocenters. The minimum Gasteiger partial charge on any atom is -0.490 e. The van der Waals surface area contributed by atoms with Crippen LogP contribution in [0.3, 0.4) is 0 Å². The first kappa shape index (κ1) is 18.7. The molecule has 1 aromatic carbocycles. The van der Waals surface area contributed by atoms with Crippen molar-refractivity contribution in [3.63, 3.8) is 0 Å². The molecule has 1 aromatic rings. The summed E-state index contributed by atoms with van der Waals surface area (Å²) in [4.78, 5) is 12.3. The SMILES string of the molecule is CCC[C@@](C)(OC)C(=O)Nc1ccc(OCCOC)c(Cl)c1. The van der Waals surface area contributed by atoms with Gasteiger partial charge in [0.15, 0.2) is 0 Å². The molecule has 0 aromatic heterocycles. The Kier molecular flexibility index (Phi) is 7.65. The number of hydrogen-bond donors (Lipinski definition) is 1. The summed E-state index contributed by atoms with van der Waals surface area (Å²) in [6, 6.07) is 5.12. The topological polar surface area (TPSA) is 56.8 Å². The van der Waals surface area contributed by atoms with Gasteiger partial charge in [-0.1, -0.05) is 24.9 Å². The van der Waals surface area contributed by atoms with E-state index in [-0.39, 0.29) is 5.91 Å². The molecule has 0 heterocycles. The Morgan fingerprint density at radius 1 is 1.32 bits per heavy atom. The lowest BCUT2D eigenvalue weighted by Crippen LogP contribution is -2.41. The van der Waals surface area contributed by atoms with Crippen molar-refractivity contribution in [1.82, 2.24) is 0 Å². The van der Waals surface area contributed by atoms with Gasteiger partial charge >= 0.3 is 0 Å². The maximum atomic E-state index is 12.3.